The predicted molar refractivity (Wildman–Crippen MR) is 73.0 cm³/mol. The SMILES string of the molecule is CC(C(=O)O)C1CCCCC1c1ccccc1Cl. The summed E-state index contributed by atoms with van der Waals surface area (Å²) in [6, 6.07) is 7.84. The summed E-state index contributed by atoms with van der Waals surface area (Å²) in [5.74, 6) is -0.500. The van der Waals surface area contributed by atoms with E-state index in [9.17, 15) is 9.90 Å². The molecule has 3 unspecified atom stereocenters. The molecule has 1 fully saturated rings. The van der Waals surface area contributed by atoms with Gasteiger partial charge in [-0.2, -0.15) is 0 Å². The monoisotopic (exact) mass is 266 g/mol. The summed E-state index contributed by atoms with van der Waals surface area (Å²) in [6.45, 7) is 1.82. The topological polar surface area (TPSA) is 37.3 Å². The third-order valence-electron chi connectivity index (χ3n) is 4.16. The fourth-order valence-electron chi connectivity index (χ4n) is 3.10. The first-order valence-electron chi connectivity index (χ1n) is 6.58. The highest BCUT2D eigenvalue weighted by atomic mass is 35.5. The number of halogens is 1. The molecule has 0 bridgehead atoms. The van der Waals surface area contributed by atoms with Crippen molar-refractivity contribution in [3.05, 3.63) is 34.9 Å². The molecule has 1 aromatic carbocycles. The van der Waals surface area contributed by atoms with E-state index in [0.29, 0.717) is 5.92 Å². The van der Waals surface area contributed by atoms with Crippen molar-refractivity contribution in [1.29, 1.82) is 0 Å². The molecule has 0 spiro atoms. The summed E-state index contributed by atoms with van der Waals surface area (Å²) in [7, 11) is 0. The molecule has 3 atom stereocenters. The molecule has 98 valence electrons. The van der Waals surface area contributed by atoms with Crippen molar-refractivity contribution in [2.24, 2.45) is 11.8 Å². The Morgan fingerprint density at radius 3 is 2.67 bits per heavy atom. The Morgan fingerprint density at radius 1 is 1.33 bits per heavy atom. The van der Waals surface area contributed by atoms with Gasteiger partial charge in [0.05, 0.1) is 5.92 Å². The zero-order valence-corrected chi connectivity index (χ0v) is 11.4. The van der Waals surface area contributed by atoms with E-state index in [0.717, 1.165) is 29.8 Å². The number of benzene rings is 1. The number of hydrogen-bond donors (Lipinski definition) is 1. The van der Waals surface area contributed by atoms with Gasteiger partial charge in [-0.1, -0.05) is 49.6 Å². The number of carboxylic acid groups (broad SMARTS) is 1. The van der Waals surface area contributed by atoms with Gasteiger partial charge in [0.25, 0.3) is 0 Å². The molecule has 0 radical (unpaired) electrons. The second-order valence-corrected chi connectivity index (χ2v) is 5.61. The Kier molecular flexibility index (Phi) is 4.28. The van der Waals surface area contributed by atoms with Crippen LogP contribution >= 0.6 is 11.6 Å². The standard InChI is InChI=1S/C15H19ClO2/c1-10(15(17)18)11-6-2-3-7-12(11)13-8-4-5-9-14(13)16/h4-5,8-12H,2-3,6-7H2,1H3,(H,17,18). The zero-order valence-electron chi connectivity index (χ0n) is 10.6. The molecule has 0 heterocycles. The van der Waals surface area contributed by atoms with Crippen molar-refractivity contribution in [3.8, 4) is 0 Å². The maximum absolute atomic E-state index is 11.2. The van der Waals surface area contributed by atoms with Gasteiger partial charge in [0.1, 0.15) is 0 Å². The van der Waals surface area contributed by atoms with E-state index in [1.807, 2.05) is 31.2 Å². The van der Waals surface area contributed by atoms with Crippen molar-refractivity contribution in [1.82, 2.24) is 0 Å². The molecule has 1 N–H and O–H groups in total. The van der Waals surface area contributed by atoms with E-state index in [1.165, 1.54) is 6.42 Å². The summed E-state index contributed by atoms with van der Waals surface area (Å²) in [5.41, 5.74) is 1.12. The minimum absolute atomic E-state index is 0.205. The maximum atomic E-state index is 11.2. The molecular formula is C15H19ClO2. The molecular weight excluding hydrogens is 248 g/mol. The van der Waals surface area contributed by atoms with Crippen LogP contribution in [0.2, 0.25) is 5.02 Å². The third-order valence-corrected chi connectivity index (χ3v) is 4.50. The fraction of sp³-hybridized carbons (Fsp3) is 0.533. The van der Waals surface area contributed by atoms with Crippen molar-refractivity contribution < 1.29 is 9.90 Å². The van der Waals surface area contributed by atoms with Crippen LogP contribution in [0.5, 0.6) is 0 Å². The number of carboxylic acids is 1. The maximum Gasteiger partial charge on any atom is 0.306 e. The van der Waals surface area contributed by atoms with Gasteiger partial charge in [-0.3, -0.25) is 4.79 Å². The lowest BCUT2D eigenvalue weighted by Gasteiger charge is -2.34. The van der Waals surface area contributed by atoms with Crippen LogP contribution in [0.25, 0.3) is 0 Å². The molecule has 3 heteroatoms. The highest BCUT2D eigenvalue weighted by Gasteiger charge is 2.34. The van der Waals surface area contributed by atoms with Crippen LogP contribution in [0.15, 0.2) is 24.3 Å². The van der Waals surface area contributed by atoms with Crippen LogP contribution in [0, 0.1) is 11.8 Å². The minimum atomic E-state index is -0.695. The van der Waals surface area contributed by atoms with E-state index < -0.39 is 5.97 Å². The minimum Gasteiger partial charge on any atom is -0.481 e. The number of hydrogen-bond acceptors (Lipinski definition) is 1. The van der Waals surface area contributed by atoms with Crippen LogP contribution in [0.3, 0.4) is 0 Å². The molecule has 1 aromatic rings. The van der Waals surface area contributed by atoms with Gasteiger partial charge in [-0.25, -0.2) is 0 Å². The lowest BCUT2D eigenvalue weighted by Crippen LogP contribution is -2.29. The van der Waals surface area contributed by atoms with Gasteiger partial charge in [0, 0.05) is 5.02 Å². The first kappa shape index (κ1) is 13.4. The summed E-state index contributed by atoms with van der Waals surface area (Å²) in [6.07, 6.45) is 4.33. The summed E-state index contributed by atoms with van der Waals surface area (Å²) < 4.78 is 0. The quantitative estimate of drug-likeness (QED) is 0.884. The second kappa shape index (κ2) is 5.75. The first-order valence-corrected chi connectivity index (χ1v) is 6.96. The van der Waals surface area contributed by atoms with E-state index >= 15 is 0 Å². The van der Waals surface area contributed by atoms with Gasteiger partial charge in [-0.05, 0) is 36.3 Å². The van der Waals surface area contributed by atoms with Gasteiger partial charge in [-0.15, -0.1) is 0 Å². The molecule has 1 aliphatic carbocycles. The Morgan fingerprint density at radius 2 is 2.00 bits per heavy atom. The van der Waals surface area contributed by atoms with Crippen molar-refractivity contribution in [3.63, 3.8) is 0 Å². The van der Waals surface area contributed by atoms with E-state index in [-0.39, 0.29) is 11.8 Å². The van der Waals surface area contributed by atoms with E-state index in [4.69, 9.17) is 11.6 Å². The molecule has 0 aromatic heterocycles. The largest absolute Gasteiger partial charge is 0.481 e. The molecule has 1 saturated carbocycles. The van der Waals surface area contributed by atoms with E-state index in [1.54, 1.807) is 0 Å². The highest BCUT2D eigenvalue weighted by molar-refractivity contribution is 6.31. The van der Waals surface area contributed by atoms with Crippen molar-refractivity contribution >= 4 is 17.6 Å². The second-order valence-electron chi connectivity index (χ2n) is 5.20. The molecule has 18 heavy (non-hydrogen) atoms. The summed E-state index contributed by atoms with van der Waals surface area (Å²) in [4.78, 5) is 11.2. The molecule has 1 aliphatic rings. The third kappa shape index (κ3) is 2.69. The van der Waals surface area contributed by atoms with E-state index in [2.05, 4.69) is 0 Å². The number of carbonyl (C=O) groups is 1. The first-order chi connectivity index (χ1) is 8.61. The Bertz CT molecular complexity index is 430. The summed E-state index contributed by atoms with van der Waals surface area (Å²) >= 11 is 6.26. The normalized spacial score (nSPS) is 25.7. The highest BCUT2D eigenvalue weighted by Crippen LogP contribution is 2.43. The van der Waals surface area contributed by atoms with Crippen LogP contribution in [0.4, 0.5) is 0 Å². The Labute approximate surface area is 113 Å². The van der Waals surface area contributed by atoms with Gasteiger partial charge in [0.15, 0.2) is 0 Å². The lowest BCUT2D eigenvalue weighted by atomic mass is 9.70. The smallest absolute Gasteiger partial charge is 0.306 e. The van der Waals surface area contributed by atoms with Gasteiger partial charge < -0.3 is 5.11 Å². The Hall–Kier alpha value is -1.02. The predicted octanol–water partition coefficient (Wildman–Crippen LogP) is 4.33. The Balaban J connectivity index is 2.28. The molecule has 0 amide bonds. The van der Waals surface area contributed by atoms with Crippen molar-refractivity contribution in [2.75, 3.05) is 0 Å². The fourth-order valence-corrected chi connectivity index (χ4v) is 3.38. The average molecular weight is 267 g/mol. The average Bonchev–Trinajstić information content (AvgIpc) is 2.38. The molecule has 0 saturated heterocycles. The zero-order chi connectivity index (χ0) is 13.1. The van der Waals surface area contributed by atoms with Crippen LogP contribution in [-0.2, 0) is 4.79 Å². The summed E-state index contributed by atoms with van der Waals surface area (Å²) in [5, 5.41) is 10.0. The van der Waals surface area contributed by atoms with Gasteiger partial charge in [0.2, 0.25) is 0 Å². The number of aliphatic carboxylic acids is 1. The van der Waals surface area contributed by atoms with Gasteiger partial charge >= 0.3 is 5.97 Å². The van der Waals surface area contributed by atoms with Crippen molar-refractivity contribution in [2.45, 2.75) is 38.5 Å². The molecule has 2 nitrogen and oxygen atoms in total. The lowest BCUT2D eigenvalue weighted by molar-refractivity contribution is -0.143. The van der Waals surface area contributed by atoms with Crippen LogP contribution < -0.4 is 0 Å². The van der Waals surface area contributed by atoms with Crippen LogP contribution in [0.1, 0.15) is 44.1 Å². The van der Waals surface area contributed by atoms with Crippen LogP contribution in [-0.4, -0.2) is 11.1 Å². The number of rotatable bonds is 3. The molecule has 2 rings (SSSR count). The molecule has 0 aliphatic heterocycles.